The minimum absolute atomic E-state index is 0.0307. The maximum atomic E-state index is 10.1. The van der Waals surface area contributed by atoms with Crippen LogP contribution in [0.4, 0.5) is 0 Å². The van der Waals surface area contributed by atoms with Crippen molar-refractivity contribution in [3.63, 3.8) is 0 Å². The van der Waals surface area contributed by atoms with E-state index in [-0.39, 0.29) is 5.41 Å². The lowest BCUT2D eigenvalue weighted by Crippen LogP contribution is -2.58. The highest BCUT2D eigenvalue weighted by atomic mass is 16.3. The summed E-state index contributed by atoms with van der Waals surface area (Å²) < 4.78 is 0. The van der Waals surface area contributed by atoms with E-state index in [1.165, 1.54) is 49.7 Å². The summed E-state index contributed by atoms with van der Waals surface area (Å²) in [6, 6.07) is 8.84. The van der Waals surface area contributed by atoms with Crippen LogP contribution in [0.1, 0.15) is 56.1 Å². The van der Waals surface area contributed by atoms with Gasteiger partial charge in [-0.2, -0.15) is 0 Å². The first-order valence-corrected chi connectivity index (χ1v) is 10.0. The Labute approximate surface area is 146 Å². The minimum Gasteiger partial charge on any atom is -0.395 e. The molecule has 2 heteroatoms. The third-order valence-electron chi connectivity index (χ3n) is 7.90. The smallest absolute Gasteiger partial charge is 0.0531 e. The maximum Gasteiger partial charge on any atom is 0.0531 e. The fourth-order valence-corrected chi connectivity index (χ4v) is 6.84. The quantitative estimate of drug-likeness (QED) is 0.863. The van der Waals surface area contributed by atoms with Crippen molar-refractivity contribution in [1.29, 1.82) is 0 Å². The second kappa shape index (κ2) is 5.32. The van der Waals surface area contributed by atoms with Crippen LogP contribution < -0.4 is 5.32 Å². The van der Waals surface area contributed by atoms with Gasteiger partial charge in [0, 0.05) is 11.0 Å². The monoisotopic (exact) mass is 325 g/mol. The lowest BCUT2D eigenvalue weighted by molar-refractivity contribution is -0.0203. The lowest BCUT2D eigenvalue weighted by Gasteiger charge is -2.57. The van der Waals surface area contributed by atoms with Crippen LogP contribution in [0.5, 0.6) is 0 Å². The van der Waals surface area contributed by atoms with Crippen molar-refractivity contribution in [3.8, 4) is 0 Å². The molecule has 5 fully saturated rings. The Balaban J connectivity index is 1.27. The highest BCUT2D eigenvalue weighted by molar-refractivity contribution is 5.36. The number of benzene rings is 1. The van der Waals surface area contributed by atoms with Crippen molar-refractivity contribution in [3.05, 3.63) is 35.4 Å². The average Bonchev–Trinajstić information content (AvgIpc) is 3.27. The van der Waals surface area contributed by atoms with Crippen LogP contribution >= 0.6 is 0 Å². The summed E-state index contributed by atoms with van der Waals surface area (Å²) >= 11 is 0. The number of aliphatic hydroxyl groups excluding tert-OH is 1. The van der Waals surface area contributed by atoms with Gasteiger partial charge in [-0.1, -0.05) is 29.8 Å². The lowest BCUT2D eigenvalue weighted by atomic mass is 9.53. The van der Waals surface area contributed by atoms with Crippen molar-refractivity contribution in [1.82, 2.24) is 5.32 Å². The Bertz CT molecular complexity index is 586. The topological polar surface area (TPSA) is 32.3 Å². The molecule has 0 saturated heterocycles. The second-order valence-corrected chi connectivity index (χ2v) is 9.66. The van der Waals surface area contributed by atoms with Crippen molar-refractivity contribution in [2.75, 3.05) is 13.2 Å². The molecule has 0 heterocycles. The molecule has 0 aliphatic heterocycles. The Morgan fingerprint density at radius 1 is 0.958 bits per heavy atom. The van der Waals surface area contributed by atoms with E-state index in [0.29, 0.717) is 18.1 Å². The highest BCUT2D eigenvalue weighted by Gasteiger charge is 2.56. The molecule has 0 spiro atoms. The van der Waals surface area contributed by atoms with Crippen LogP contribution in [0.15, 0.2) is 24.3 Å². The van der Waals surface area contributed by atoms with Crippen LogP contribution in [0.3, 0.4) is 0 Å². The van der Waals surface area contributed by atoms with Gasteiger partial charge in [-0.15, -0.1) is 0 Å². The van der Waals surface area contributed by atoms with Gasteiger partial charge < -0.3 is 10.4 Å². The first kappa shape index (κ1) is 15.4. The van der Waals surface area contributed by atoms with Gasteiger partial charge in [-0.05, 0) is 87.6 Å². The summed E-state index contributed by atoms with van der Waals surface area (Å²) in [5.41, 5.74) is 3.12. The van der Waals surface area contributed by atoms with Crippen molar-refractivity contribution < 1.29 is 5.11 Å². The third kappa shape index (κ3) is 2.37. The van der Waals surface area contributed by atoms with E-state index in [1.807, 2.05) is 0 Å². The zero-order valence-corrected chi connectivity index (χ0v) is 14.9. The SMILES string of the molecule is Cc1ccc([C@@]2(CO)C[C@@H]2CNC23CC4CC(CC(C4)C2)C3)cc1. The van der Waals surface area contributed by atoms with Crippen molar-refractivity contribution in [2.45, 2.75) is 62.8 Å². The number of rotatable bonds is 5. The van der Waals surface area contributed by atoms with E-state index in [1.54, 1.807) is 0 Å². The molecule has 0 unspecified atom stereocenters. The molecule has 5 aliphatic rings. The molecule has 6 rings (SSSR count). The van der Waals surface area contributed by atoms with Crippen LogP contribution in [0.2, 0.25) is 0 Å². The van der Waals surface area contributed by atoms with Gasteiger partial charge in [0.2, 0.25) is 0 Å². The number of aliphatic hydroxyl groups is 1. The predicted molar refractivity (Wildman–Crippen MR) is 97.0 cm³/mol. The zero-order valence-electron chi connectivity index (χ0n) is 14.9. The van der Waals surface area contributed by atoms with Crippen LogP contribution in [-0.4, -0.2) is 23.8 Å². The van der Waals surface area contributed by atoms with Gasteiger partial charge in [-0.3, -0.25) is 0 Å². The Morgan fingerprint density at radius 2 is 1.54 bits per heavy atom. The summed E-state index contributed by atoms with van der Waals surface area (Å²) in [6.45, 7) is 3.53. The molecule has 2 atom stereocenters. The van der Waals surface area contributed by atoms with E-state index in [9.17, 15) is 5.11 Å². The van der Waals surface area contributed by atoms with Gasteiger partial charge in [0.1, 0.15) is 0 Å². The number of hydrogen-bond acceptors (Lipinski definition) is 2. The average molecular weight is 325 g/mol. The molecule has 2 nitrogen and oxygen atoms in total. The van der Waals surface area contributed by atoms with E-state index in [2.05, 4.69) is 36.5 Å². The molecule has 5 saturated carbocycles. The molecule has 2 N–H and O–H groups in total. The molecule has 5 aliphatic carbocycles. The molecule has 1 aromatic rings. The standard InChI is InChI=1S/C22H31NO/c1-15-2-4-19(5-3-15)22(14-24)12-20(22)13-23-21-9-16-6-17(10-21)8-18(7-16)11-21/h2-5,16-18,20,23-24H,6-14H2,1H3/t16?,17?,18?,20-,21?,22+/m1/s1. The number of aryl methyl sites for hydroxylation is 1. The normalized spacial score (nSPS) is 45.6. The van der Waals surface area contributed by atoms with E-state index in [4.69, 9.17) is 0 Å². The fraction of sp³-hybridized carbons (Fsp3) is 0.727. The van der Waals surface area contributed by atoms with Crippen molar-refractivity contribution >= 4 is 0 Å². The molecular weight excluding hydrogens is 294 g/mol. The summed E-state index contributed by atoms with van der Waals surface area (Å²) in [6.07, 6.45) is 9.93. The third-order valence-corrected chi connectivity index (χ3v) is 7.90. The van der Waals surface area contributed by atoms with E-state index >= 15 is 0 Å². The number of nitrogens with one attached hydrogen (secondary N) is 1. The highest BCUT2D eigenvalue weighted by Crippen LogP contribution is 2.57. The first-order chi connectivity index (χ1) is 11.6. The van der Waals surface area contributed by atoms with Gasteiger partial charge in [-0.25, -0.2) is 0 Å². The largest absolute Gasteiger partial charge is 0.395 e. The van der Waals surface area contributed by atoms with E-state index < -0.39 is 0 Å². The van der Waals surface area contributed by atoms with Gasteiger partial charge >= 0.3 is 0 Å². The van der Waals surface area contributed by atoms with Crippen molar-refractivity contribution in [2.24, 2.45) is 23.7 Å². The molecule has 24 heavy (non-hydrogen) atoms. The Hall–Kier alpha value is -0.860. The second-order valence-electron chi connectivity index (χ2n) is 9.66. The Kier molecular flexibility index (Phi) is 3.41. The van der Waals surface area contributed by atoms with Gasteiger partial charge in [0.25, 0.3) is 0 Å². The van der Waals surface area contributed by atoms with Crippen LogP contribution in [0.25, 0.3) is 0 Å². The van der Waals surface area contributed by atoms with Crippen LogP contribution in [0, 0.1) is 30.6 Å². The molecule has 1 aromatic carbocycles. The minimum atomic E-state index is 0.0307. The summed E-state index contributed by atoms with van der Waals surface area (Å²) in [5, 5.41) is 14.1. The maximum absolute atomic E-state index is 10.1. The fourth-order valence-electron chi connectivity index (χ4n) is 6.84. The molecule has 4 bridgehead atoms. The number of hydrogen-bond donors (Lipinski definition) is 2. The molecule has 0 aromatic heterocycles. The summed E-state index contributed by atoms with van der Waals surface area (Å²) in [5.74, 6) is 3.62. The Morgan fingerprint density at radius 3 is 2.08 bits per heavy atom. The molecule has 0 radical (unpaired) electrons. The van der Waals surface area contributed by atoms with Gasteiger partial charge in [0.05, 0.1) is 6.61 Å². The molecule has 130 valence electrons. The van der Waals surface area contributed by atoms with E-state index in [0.717, 1.165) is 30.7 Å². The zero-order chi connectivity index (χ0) is 16.4. The summed E-state index contributed by atoms with van der Waals surface area (Å²) in [7, 11) is 0. The predicted octanol–water partition coefficient (Wildman–Crippen LogP) is 3.80. The summed E-state index contributed by atoms with van der Waals surface area (Å²) in [4.78, 5) is 0. The first-order valence-electron chi connectivity index (χ1n) is 10.0. The molecular formula is C22H31NO. The van der Waals surface area contributed by atoms with Crippen LogP contribution in [-0.2, 0) is 5.41 Å². The van der Waals surface area contributed by atoms with Gasteiger partial charge in [0.15, 0.2) is 0 Å². The molecule has 0 amide bonds.